The molecule has 2 atom stereocenters. The maximum atomic E-state index is 11.7. The topological polar surface area (TPSA) is 41.1 Å². The largest absolute Gasteiger partial charge is 0.356 e. The average Bonchev–Trinajstić information content (AvgIpc) is 2.14. The van der Waals surface area contributed by atoms with Gasteiger partial charge in [0.1, 0.15) is 0 Å². The molecule has 1 fully saturated rings. The Morgan fingerprint density at radius 2 is 2.12 bits per heavy atom. The van der Waals surface area contributed by atoms with Gasteiger partial charge < -0.3 is 10.6 Å². The van der Waals surface area contributed by atoms with E-state index in [4.69, 9.17) is 0 Å². The molecule has 0 aromatic heterocycles. The fourth-order valence-corrected chi connectivity index (χ4v) is 2.12. The number of amides is 1. The molecule has 0 saturated carbocycles. The summed E-state index contributed by atoms with van der Waals surface area (Å²) in [6.45, 7) is 11.5. The van der Waals surface area contributed by atoms with Crippen LogP contribution in [0.15, 0.2) is 0 Å². The van der Waals surface area contributed by atoms with Crippen molar-refractivity contribution in [1.29, 1.82) is 0 Å². The van der Waals surface area contributed by atoms with E-state index in [2.05, 4.69) is 38.3 Å². The molecule has 1 rings (SSSR count). The molecule has 1 aliphatic heterocycles. The average molecular weight is 226 g/mol. The molecule has 1 saturated heterocycles. The zero-order valence-electron chi connectivity index (χ0n) is 11.1. The highest BCUT2D eigenvalue weighted by molar-refractivity contribution is 5.76. The van der Waals surface area contributed by atoms with Crippen molar-refractivity contribution in [2.24, 2.45) is 17.3 Å². The lowest BCUT2D eigenvalue weighted by Crippen LogP contribution is -2.42. The third-order valence-electron chi connectivity index (χ3n) is 3.24. The molecule has 0 aromatic carbocycles. The highest BCUT2D eigenvalue weighted by Crippen LogP contribution is 2.19. The fraction of sp³-hybridized carbons (Fsp3) is 0.923. The Bertz CT molecular complexity index is 233. The zero-order valence-corrected chi connectivity index (χ0v) is 11.1. The molecule has 2 unspecified atom stereocenters. The van der Waals surface area contributed by atoms with Crippen molar-refractivity contribution in [2.45, 2.75) is 40.5 Å². The molecule has 0 radical (unpaired) electrons. The van der Waals surface area contributed by atoms with E-state index in [1.165, 1.54) is 6.42 Å². The van der Waals surface area contributed by atoms with Gasteiger partial charge in [-0.25, -0.2) is 0 Å². The molecule has 0 spiro atoms. The van der Waals surface area contributed by atoms with Crippen molar-refractivity contribution < 1.29 is 4.79 Å². The number of rotatable bonds is 3. The Morgan fingerprint density at radius 3 is 2.69 bits per heavy atom. The van der Waals surface area contributed by atoms with Crippen LogP contribution in [0.2, 0.25) is 0 Å². The number of carbonyl (C=O) groups excluding carboxylic acids is 1. The Morgan fingerprint density at radius 1 is 1.44 bits per heavy atom. The monoisotopic (exact) mass is 226 g/mol. The number of hydrogen-bond acceptors (Lipinski definition) is 2. The Balaban J connectivity index is 2.25. The van der Waals surface area contributed by atoms with Gasteiger partial charge >= 0.3 is 0 Å². The lowest BCUT2D eigenvalue weighted by Gasteiger charge is -2.30. The van der Waals surface area contributed by atoms with Gasteiger partial charge in [-0.15, -0.1) is 0 Å². The normalized spacial score (nSPS) is 26.5. The van der Waals surface area contributed by atoms with Crippen LogP contribution in [0.25, 0.3) is 0 Å². The minimum absolute atomic E-state index is 0.0838. The maximum Gasteiger partial charge on any atom is 0.220 e. The quantitative estimate of drug-likeness (QED) is 0.770. The second-order valence-corrected chi connectivity index (χ2v) is 6.27. The third-order valence-corrected chi connectivity index (χ3v) is 3.24. The minimum atomic E-state index is 0.0838. The van der Waals surface area contributed by atoms with Gasteiger partial charge in [0.05, 0.1) is 0 Å². The smallest absolute Gasteiger partial charge is 0.220 e. The van der Waals surface area contributed by atoms with E-state index in [0.717, 1.165) is 25.6 Å². The van der Waals surface area contributed by atoms with Crippen molar-refractivity contribution in [3.05, 3.63) is 0 Å². The van der Waals surface area contributed by atoms with E-state index < -0.39 is 0 Å². The molecule has 1 aliphatic rings. The van der Waals surface area contributed by atoms with Gasteiger partial charge in [-0.3, -0.25) is 4.79 Å². The van der Waals surface area contributed by atoms with Crippen molar-refractivity contribution in [3.63, 3.8) is 0 Å². The number of hydrogen-bond donors (Lipinski definition) is 2. The van der Waals surface area contributed by atoms with Crippen LogP contribution in [0.5, 0.6) is 0 Å². The summed E-state index contributed by atoms with van der Waals surface area (Å²) < 4.78 is 0. The van der Waals surface area contributed by atoms with Crippen molar-refractivity contribution in [3.8, 4) is 0 Å². The van der Waals surface area contributed by atoms with Gasteiger partial charge in [-0.05, 0) is 36.8 Å². The molecule has 16 heavy (non-hydrogen) atoms. The van der Waals surface area contributed by atoms with Crippen LogP contribution >= 0.6 is 0 Å². The van der Waals surface area contributed by atoms with E-state index in [0.29, 0.717) is 12.3 Å². The van der Waals surface area contributed by atoms with E-state index in [1.807, 2.05) is 0 Å². The summed E-state index contributed by atoms with van der Waals surface area (Å²) in [4.78, 5) is 11.7. The van der Waals surface area contributed by atoms with Gasteiger partial charge in [0.15, 0.2) is 0 Å². The van der Waals surface area contributed by atoms with Crippen molar-refractivity contribution in [1.82, 2.24) is 10.6 Å². The molecule has 1 heterocycles. The summed E-state index contributed by atoms with van der Waals surface area (Å²) in [7, 11) is 0. The van der Waals surface area contributed by atoms with E-state index in [9.17, 15) is 4.79 Å². The molecule has 0 aromatic rings. The molecule has 0 aliphatic carbocycles. The molecular formula is C13H26N2O. The van der Waals surface area contributed by atoms with Crippen LogP contribution in [-0.4, -0.2) is 25.5 Å². The Kier molecular flexibility index (Phi) is 4.78. The number of piperidine rings is 1. The lowest BCUT2D eigenvalue weighted by molar-refractivity contribution is -0.123. The van der Waals surface area contributed by atoms with Gasteiger partial charge in [-0.2, -0.15) is 0 Å². The van der Waals surface area contributed by atoms with Crippen LogP contribution in [0.1, 0.15) is 40.5 Å². The first-order valence-electron chi connectivity index (χ1n) is 6.36. The highest BCUT2D eigenvalue weighted by atomic mass is 16.1. The van der Waals surface area contributed by atoms with Crippen molar-refractivity contribution >= 4 is 5.91 Å². The zero-order chi connectivity index (χ0) is 12.2. The first kappa shape index (κ1) is 13.5. The van der Waals surface area contributed by atoms with Gasteiger partial charge in [0.25, 0.3) is 0 Å². The van der Waals surface area contributed by atoms with Crippen LogP contribution < -0.4 is 10.6 Å². The molecular weight excluding hydrogens is 200 g/mol. The molecule has 3 nitrogen and oxygen atoms in total. The highest BCUT2D eigenvalue weighted by Gasteiger charge is 2.22. The van der Waals surface area contributed by atoms with E-state index >= 15 is 0 Å². The van der Waals surface area contributed by atoms with Crippen LogP contribution in [0.4, 0.5) is 0 Å². The second-order valence-electron chi connectivity index (χ2n) is 6.27. The predicted octanol–water partition coefficient (Wildman–Crippen LogP) is 1.78. The van der Waals surface area contributed by atoms with Crippen LogP contribution in [-0.2, 0) is 4.79 Å². The summed E-state index contributed by atoms with van der Waals surface area (Å²) in [5.74, 6) is 1.50. The third kappa shape index (κ3) is 4.97. The first-order chi connectivity index (χ1) is 7.38. The van der Waals surface area contributed by atoms with Crippen LogP contribution in [0, 0.1) is 17.3 Å². The number of nitrogens with one attached hydrogen (secondary N) is 2. The standard InChI is InChI=1S/C13H26N2O/c1-10-5-6-14-8-11(10)9-15-12(16)7-13(2,3)4/h10-11,14H,5-9H2,1-4H3,(H,15,16). The van der Waals surface area contributed by atoms with Crippen LogP contribution in [0.3, 0.4) is 0 Å². The predicted molar refractivity (Wildman–Crippen MR) is 67.2 cm³/mol. The summed E-state index contributed by atoms with van der Waals surface area (Å²) in [6, 6.07) is 0. The minimum Gasteiger partial charge on any atom is -0.356 e. The summed E-state index contributed by atoms with van der Waals surface area (Å²) in [5.41, 5.74) is 0.0838. The maximum absolute atomic E-state index is 11.7. The van der Waals surface area contributed by atoms with Gasteiger partial charge in [-0.1, -0.05) is 27.7 Å². The second kappa shape index (κ2) is 5.67. The molecule has 0 bridgehead atoms. The lowest BCUT2D eigenvalue weighted by atomic mass is 9.87. The summed E-state index contributed by atoms with van der Waals surface area (Å²) in [6.07, 6.45) is 1.83. The van der Waals surface area contributed by atoms with Crippen molar-refractivity contribution in [2.75, 3.05) is 19.6 Å². The first-order valence-corrected chi connectivity index (χ1v) is 6.36. The van der Waals surface area contributed by atoms with E-state index in [1.54, 1.807) is 0 Å². The Hall–Kier alpha value is -0.570. The number of carbonyl (C=O) groups is 1. The SMILES string of the molecule is CC1CCNCC1CNC(=O)CC(C)(C)C. The molecule has 2 N–H and O–H groups in total. The molecule has 3 heteroatoms. The molecule has 94 valence electrons. The Labute approximate surface area is 99.4 Å². The summed E-state index contributed by atoms with van der Waals surface area (Å²) >= 11 is 0. The van der Waals surface area contributed by atoms with Gasteiger partial charge in [0.2, 0.25) is 5.91 Å². The molecule has 1 amide bonds. The summed E-state index contributed by atoms with van der Waals surface area (Å²) in [5, 5.41) is 6.45. The van der Waals surface area contributed by atoms with E-state index in [-0.39, 0.29) is 11.3 Å². The fourth-order valence-electron chi connectivity index (χ4n) is 2.12. The van der Waals surface area contributed by atoms with Gasteiger partial charge in [0, 0.05) is 13.0 Å².